The van der Waals surface area contributed by atoms with Crippen LogP contribution in [0.1, 0.15) is 49.7 Å². The highest BCUT2D eigenvalue weighted by Crippen LogP contribution is 2.34. The van der Waals surface area contributed by atoms with E-state index < -0.39 is 11.7 Å². The number of piperidine rings is 1. The van der Waals surface area contributed by atoms with Crippen molar-refractivity contribution in [2.75, 3.05) is 29.9 Å². The van der Waals surface area contributed by atoms with Gasteiger partial charge in [0.15, 0.2) is 0 Å². The van der Waals surface area contributed by atoms with E-state index in [-0.39, 0.29) is 23.4 Å². The molecular weight excluding hydrogens is 439 g/mol. The first kappa shape index (κ1) is 24.4. The van der Waals surface area contributed by atoms with Crippen molar-refractivity contribution in [1.82, 2.24) is 5.32 Å². The molecule has 1 aliphatic carbocycles. The van der Waals surface area contributed by atoms with Crippen LogP contribution in [-0.2, 0) is 11.0 Å². The summed E-state index contributed by atoms with van der Waals surface area (Å²) < 4.78 is 39.5. The third-order valence-electron chi connectivity index (χ3n) is 7.31. The van der Waals surface area contributed by atoms with Gasteiger partial charge in [-0.2, -0.15) is 13.2 Å². The number of para-hydroxylation sites is 1. The molecule has 0 atom stereocenters. The topological polar surface area (TPSA) is 44.4 Å². The summed E-state index contributed by atoms with van der Waals surface area (Å²) in [4.78, 5) is 15.1. The van der Waals surface area contributed by atoms with Gasteiger partial charge in [0.1, 0.15) is 0 Å². The monoisotopic (exact) mass is 473 g/mol. The first-order valence-electron chi connectivity index (χ1n) is 12.3. The van der Waals surface area contributed by atoms with Crippen molar-refractivity contribution in [3.05, 3.63) is 59.7 Å². The van der Waals surface area contributed by atoms with Gasteiger partial charge in [0.25, 0.3) is 0 Å². The molecule has 2 N–H and O–H groups in total. The maximum atomic E-state index is 13.2. The largest absolute Gasteiger partial charge is 0.416 e. The van der Waals surface area contributed by atoms with Gasteiger partial charge in [-0.3, -0.25) is 4.79 Å². The Morgan fingerprint density at radius 1 is 0.971 bits per heavy atom. The second-order valence-electron chi connectivity index (χ2n) is 9.73. The second-order valence-corrected chi connectivity index (χ2v) is 9.73. The zero-order valence-corrected chi connectivity index (χ0v) is 19.7. The van der Waals surface area contributed by atoms with E-state index in [0.29, 0.717) is 11.6 Å². The molecule has 2 aromatic carbocycles. The van der Waals surface area contributed by atoms with Gasteiger partial charge in [0.2, 0.25) is 5.91 Å². The minimum atomic E-state index is -4.35. The van der Waals surface area contributed by atoms with Crippen molar-refractivity contribution >= 4 is 17.3 Å². The highest BCUT2D eigenvalue weighted by Gasteiger charge is 2.33. The first-order valence-corrected chi connectivity index (χ1v) is 12.3. The predicted octanol–water partition coefficient (Wildman–Crippen LogP) is 6.02. The van der Waals surface area contributed by atoms with Crippen LogP contribution in [0.25, 0.3) is 0 Å². The molecule has 4 nitrogen and oxygen atoms in total. The number of halogens is 3. The maximum absolute atomic E-state index is 13.2. The Morgan fingerprint density at radius 3 is 2.29 bits per heavy atom. The van der Waals surface area contributed by atoms with Gasteiger partial charge in [-0.05, 0) is 81.2 Å². The smallest absolute Gasteiger partial charge is 0.382 e. The summed E-state index contributed by atoms with van der Waals surface area (Å²) in [6.07, 6.45) is 0.869. The van der Waals surface area contributed by atoms with E-state index >= 15 is 0 Å². The molecule has 4 rings (SSSR count). The predicted molar refractivity (Wildman–Crippen MR) is 130 cm³/mol. The summed E-state index contributed by atoms with van der Waals surface area (Å²) in [6.45, 7) is 4.22. The lowest BCUT2D eigenvalue weighted by Gasteiger charge is -2.34. The molecule has 1 amide bonds. The highest BCUT2D eigenvalue weighted by atomic mass is 19.4. The molecule has 2 aromatic rings. The molecule has 0 aromatic heterocycles. The number of amides is 1. The lowest BCUT2D eigenvalue weighted by atomic mass is 9.85. The van der Waals surface area contributed by atoms with Crippen LogP contribution in [0.2, 0.25) is 0 Å². The summed E-state index contributed by atoms with van der Waals surface area (Å²) >= 11 is 0. The highest BCUT2D eigenvalue weighted by molar-refractivity contribution is 5.78. The van der Waals surface area contributed by atoms with Crippen molar-refractivity contribution < 1.29 is 18.0 Å². The standard InChI is InChI=1S/C27H34F3N3O/c1-19-7-10-23(17-25(19)27(28,29)30)32-22-11-8-21(9-12-22)26(34)31-18-20-13-15-33(16-14-20)24-5-3-2-4-6-24/h2-7,10,17,20-22,32H,8-9,11-16,18H2,1H3,(H,31,34). The maximum Gasteiger partial charge on any atom is 0.416 e. The lowest BCUT2D eigenvalue weighted by Crippen LogP contribution is -2.41. The molecule has 7 heteroatoms. The number of nitrogens with zero attached hydrogens (tertiary/aromatic N) is 1. The molecule has 2 fully saturated rings. The van der Waals surface area contributed by atoms with Crippen molar-refractivity contribution in [1.29, 1.82) is 0 Å². The van der Waals surface area contributed by atoms with Crippen LogP contribution in [-0.4, -0.2) is 31.6 Å². The third kappa shape index (κ3) is 6.24. The molecule has 0 radical (unpaired) electrons. The molecule has 34 heavy (non-hydrogen) atoms. The van der Waals surface area contributed by atoms with E-state index in [1.165, 1.54) is 24.7 Å². The van der Waals surface area contributed by atoms with Gasteiger partial charge >= 0.3 is 6.18 Å². The Kier molecular flexibility index (Phi) is 7.69. The van der Waals surface area contributed by atoms with Crippen LogP contribution in [0.4, 0.5) is 24.5 Å². The summed E-state index contributed by atoms with van der Waals surface area (Å²) in [5.41, 5.74) is 1.38. The number of rotatable bonds is 6. The minimum absolute atomic E-state index is 0.00814. The van der Waals surface area contributed by atoms with E-state index in [2.05, 4.69) is 39.8 Å². The van der Waals surface area contributed by atoms with Crippen LogP contribution in [0.5, 0.6) is 0 Å². The number of carbonyl (C=O) groups is 1. The second kappa shape index (κ2) is 10.7. The van der Waals surface area contributed by atoms with Gasteiger partial charge < -0.3 is 15.5 Å². The zero-order valence-electron chi connectivity index (χ0n) is 19.7. The number of benzene rings is 2. The Morgan fingerprint density at radius 2 is 1.65 bits per heavy atom. The lowest BCUT2D eigenvalue weighted by molar-refractivity contribution is -0.138. The molecule has 0 bridgehead atoms. The van der Waals surface area contributed by atoms with Crippen LogP contribution in [0.15, 0.2) is 48.5 Å². The Balaban J connectivity index is 1.18. The molecule has 0 spiro atoms. The SMILES string of the molecule is Cc1ccc(NC2CCC(C(=O)NCC3CCN(c4ccccc4)CC3)CC2)cc1C(F)(F)F. The van der Waals surface area contributed by atoms with Crippen molar-refractivity contribution in [3.8, 4) is 0 Å². The van der Waals surface area contributed by atoms with Crippen LogP contribution >= 0.6 is 0 Å². The number of hydrogen-bond donors (Lipinski definition) is 2. The molecule has 1 aliphatic heterocycles. The minimum Gasteiger partial charge on any atom is -0.382 e. The Hall–Kier alpha value is -2.70. The van der Waals surface area contributed by atoms with Crippen LogP contribution < -0.4 is 15.5 Å². The van der Waals surface area contributed by atoms with Gasteiger partial charge in [0.05, 0.1) is 5.56 Å². The Labute approximate surface area is 199 Å². The van der Waals surface area contributed by atoms with Crippen molar-refractivity contribution in [2.24, 2.45) is 11.8 Å². The van der Waals surface area contributed by atoms with Crippen molar-refractivity contribution in [3.63, 3.8) is 0 Å². The van der Waals surface area contributed by atoms with E-state index in [9.17, 15) is 18.0 Å². The van der Waals surface area contributed by atoms with E-state index in [1.807, 2.05) is 6.07 Å². The molecule has 1 saturated heterocycles. The fourth-order valence-electron chi connectivity index (χ4n) is 5.18. The van der Waals surface area contributed by atoms with Crippen LogP contribution in [0, 0.1) is 18.8 Å². The van der Waals surface area contributed by atoms with E-state index in [4.69, 9.17) is 0 Å². The molecule has 2 aliphatic rings. The quantitative estimate of drug-likeness (QED) is 0.540. The first-order chi connectivity index (χ1) is 16.3. The summed E-state index contributed by atoms with van der Waals surface area (Å²) in [7, 11) is 0. The van der Waals surface area contributed by atoms with Crippen LogP contribution in [0.3, 0.4) is 0 Å². The zero-order chi connectivity index (χ0) is 24.1. The molecule has 1 saturated carbocycles. The number of carbonyl (C=O) groups excluding carboxylic acids is 1. The van der Waals surface area contributed by atoms with Crippen molar-refractivity contribution in [2.45, 2.75) is 57.7 Å². The fourth-order valence-corrected chi connectivity index (χ4v) is 5.18. The molecule has 1 heterocycles. The summed E-state index contributed by atoms with van der Waals surface area (Å²) in [5, 5.41) is 6.41. The Bertz CT molecular complexity index is 947. The normalized spacial score (nSPS) is 21.8. The number of aryl methyl sites for hydroxylation is 1. The average Bonchev–Trinajstić information content (AvgIpc) is 2.84. The van der Waals surface area contributed by atoms with Gasteiger partial charge in [-0.1, -0.05) is 24.3 Å². The van der Waals surface area contributed by atoms with Gasteiger partial charge in [-0.15, -0.1) is 0 Å². The summed E-state index contributed by atoms with van der Waals surface area (Å²) in [5.74, 6) is 0.621. The van der Waals surface area contributed by atoms with Gasteiger partial charge in [-0.25, -0.2) is 0 Å². The molecule has 184 valence electrons. The number of anilines is 2. The average molecular weight is 474 g/mol. The van der Waals surface area contributed by atoms with E-state index in [0.717, 1.165) is 58.2 Å². The molecule has 0 unspecified atom stereocenters. The summed E-state index contributed by atoms with van der Waals surface area (Å²) in [6, 6.07) is 14.9. The number of nitrogens with one attached hydrogen (secondary N) is 2. The van der Waals surface area contributed by atoms with Gasteiger partial charge in [0, 0.05) is 43.0 Å². The third-order valence-corrected chi connectivity index (χ3v) is 7.31. The number of hydrogen-bond acceptors (Lipinski definition) is 3. The molecular formula is C27H34F3N3O. The number of alkyl halides is 3. The fraction of sp³-hybridized carbons (Fsp3) is 0.519. The van der Waals surface area contributed by atoms with E-state index in [1.54, 1.807) is 6.07 Å².